The van der Waals surface area contributed by atoms with E-state index in [1.165, 1.54) is 0 Å². The Morgan fingerprint density at radius 2 is 1.84 bits per heavy atom. The lowest BCUT2D eigenvalue weighted by Gasteiger charge is -2.32. The van der Waals surface area contributed by atoms with Crippen LogP contribution in [0.1, 0.15) is 33.3 Å². The van der Waals surface area contributed by atoms with Crippen molar-refractivity contribution in [1.29, 1.82) is 0 Å². The van der Waals surface area contributed by atoms with Crippen LogP contribution in [0, 0.1) is 0 Å². The molecule has 2 heterocycles. The van der Waals surface area contributed by atoms with Crippen molar-refractivity contribution in [2.24, 2.45) is 0 Å². The summed E-state index contributed by atoms with van der Waals surface area (Å²) in [4.78, 5) is 4.33. The first-order chi connectivity index (χ1) is 8.78. The molecule has 1 fully saturated rings. The molecule has 6 heteroatoms. The summed E-state index contributed by atoms with van der Waals surface area (Å²) in [5.41, 5.74) is 7.69. The summed E-state index contributed by atoms with van der Waals surface area (Å²) < 4.78 is 12.0. The van der Waals surface area contributed by atoms with Crippen LogP contribution in [0.2, 0.25) is 0 Å². The van der Waals surface area contributed by atoms with Gasteiger partial charge in [-0.3, -0.25) is 4.98 Å². The molecule has 0 spiro atoms. The summed E-state index contributed by atoms with van der Waals surface area (Å²) in [6, 6.07) is 1.90. The fourth-order valence-electron chi connectivity index (χ4n) is 2.02. The fourth-order valence-corrected chi connectivity index (χ4v) is 2.02. The number of anilines is 1. The minimum Gasteiger partial charge on any atom is -0.398 e. The van der Waals surface area contributed by atoms with E-state index >= 15 is 0 Å². The topological polar surface area (TPSA) is 69.4 Å². The summed E-state index contributed by atoms with van der Waals surface area (Å²) in [6.45, 7) is 8.75. The zero-order valence-electron chi connectivity index (χ0n) is 12.3. The van der Waals surface area contributed by atoms with E-state index in [-0.39, 0.29) is 11.2 Å². The zero-order chi connectivity index (χ0) is 14.3. The van der Waals surface area contributed by atoms with Gasteiger partial charge in [-0.15, -0.1) is 0 Å². The van der Waals surface area contributed by atoms with Gasteiger partial charge in [0, 0.05) is 12.7 Å². The lowest BCUT2D eigenvalue weighted by atomic mass is 9.82. The Morgan fingerprint density at radius 1 is 1.26 bits per heavy atom. The number of hydrogen-bond donors (Lipinski definition) is 2. The average molecular weight is 263 g/mol. The zero-order valence-corrected chi connectivity index (χ0v) is 12.3. The van der Waals surface area contributed by atoms with Crippen molar-refractivity contribution >= 4 is 18.4 Å². The molecule has 2 rings (SSSR count). The van der Waals surface area contributed by atoms with Gasteiger partial charge in [-0.1, -0.05) is 0 Å². The SMILES string of the molecule is CNCc1ccnc(B2OC(C)(C)C(C)(C)O2)c1N. The number of hydrogen-bond acceptors (Lipinski definition) is 5. The maximum atomic E-state index is 6.16. The molecule has 104 valence electrons. The number of rotatable bonds is 3. The van der Waals surface area contributed by atoms with Crippen molar-refractivity contribution in [3.05, 3.63) is 17.8 Å². The standard InChI is InChI=1S/C13H22BN3O2/c1-12(2)13(3,4)19-14(18-12)11-10(15)9(8-16-5)6-7-17-11/h6-7,16H,8,15H2,1-5H3. The molecule has 0 bridgehead atoms. The van der Waals surface area contributed by atoms with Crippen molar-refractivity contribution < 1.29 is 9.31 Å². The maximum Gasteiger partial charge on any atom is 0.516 e. The van der Waals surface area contributed by atoms with Crippen molar-refractivity contribution in [3.63, 3.8) is 0 Å². The second-order valence-corrected chi connectivity index (χ2v) is 5.89. The Labute approximate surface area is 115 Å². The normalized spacial score (nSPS) is 20.8. The summed E-state index contributed by atoms with van der Waals surface area (Å²) >= 11 is 0. The fraction of sp³-hybridized carbons (Fsp3) is 0.615. The van der Waals surface area contributed by atoms with Gasteiger partial charge in [-0.25, -0.2) is 0 Å². The predicted molar refractivity (Wildman–Crippen MR) is 77.1 cm³/mol. The van der Waals surface area contributed by atoms with Crippen LogP contribution in [-0.4, -0.2) is 30.4 Å². The Bertz CT molecular complexity index is 461. The monoisotopic (exact) mass is 263 g/mol. The lowest BCUT2D eigenvalue weighted by Crippen LogP contribution is -2.41. The number of nitrogens with one attached hydrogen (secondary N) is 1. The van der Waals surface area contributed by atoms with Gasteiger partial charge >= 0.3 is 7.12 Å². The quantitative estimate of drug-likeness (QED) is 0.785. The van der Waals surface area contributed by atoms with Gasteiger partial charge in [-0.05, 0) is 46.4 Å². The molecule has 1 aliphatic heterocycles. The van der Waals surface area contributed by atoms with Crippen LogP contribution in [0.5, 0.6) is 0 Å². The Kier molecular flexibility index (Phi) is 3.60. The van der Waals surface area contributed by atoms with E-state index in [0.717, 1.165) is 5.56 Å². The molecule has 19 heavy (non-hydrogen) atoms. The molecular formula is C13H22BN3O2. The number of nitrogens with two attached hydrogens (primary N) is 1. The van der Waals surface area contributed by atoms with Crippen LogP contribution in [-0.2, 0) is 15.9 Å². The predicted octanol–water partition coefficient (Wildman–Crippen LogP) is 0.682. The van der Waals surface area contributed by atoms with Crippen LogP contribution in [0.25, 0.3) is 0 Å². The second kappa shape index (κ2) is 4.78. The van der Waals surface area contributed by atoms with E-state index in [0.29, 0.717) is 17.8 Å². The number of nitrogen functional groups attached to an aromatic ring is 1. The van der Waals surface area contributed by atoms with Gasteiger partial charge in [-0.2, -0.15) is 0 Å². The van der Waals surface area contributed by atoms with Gasteiger partial charge < -0.3 is 20.4 Å². The first-order valence-corrected chi connectivity index (χ1v) is 6.52. The molecule has 1 aliphatic rings. The van der Waals surface area contributed by atoms with E-state index < -0.39 is 7.12 Å². The molecule has 0 aliphatic carbocycles. The highest BCUT2D eigenvalue weighted by Crippen LogP contribution is 2.36. The third kappa shape index (κ3) is 2.48. The second-order valence-electron chi connectivity index (χ2n) is 5.89. The van der Waals surface area contributed by atoms with E-state index in [1.54, 1.807) is 6.20 Å². The summed E-state index contributed by atoms with van der Waals surface area (Å²) in [7, 11) is 1.37. The van der Waals surface area contributed by atoms with E-state index in [2.05, 4.69) is 10.3 Å². The smallest absolute Gasteiger partial charge is 0.398 e. The molecule has 0 unspecified atom stereocenters. The highest BCUT2D eigenvalue weighted by molar-refractivity contribution is 6.62. The van der Waals surface area contributed by atoms with Gasteiger partial charge in [0.2, 0.25) is 0 Å². The van der Waals surface area contributed by atoms with Gasteiger partial charge in [0.15, 0.2) is 0 Å². The van der Waals surface area contributed by atoms with Crippen molar-refractivity contribution in [3.8, 4) is 0 Å². The highest BCUT2D eigenvalue weighted by atomic mass is 16.7. The Morgan fingerprint density at radius 3 is 2.37 bits per heavy atom. The van der Waals surface area contributed by atoms with Crippen LogP contribution >= 0.6 is 0 Å². The Hall–Kier alpha value is -1.11. The Balaban J connectivity index is 2.32. The lowest BCUT2D eigenvalue weighted by molar-refractivity contribution is 0.00578. The van der Waals surface area contributed by atoms with Crippen LogP contribution in [0.15, 0.2) is 12.3 Å². The van der Waals surface area contributed by atoms with Gasteiger partial charge in [0.25, 0.3) is 0 Å². The molecule has 1 aromatic rings. The molecule has 1 saturated heterocycles. The van der Waals surface area contributed by atoms with E-state index in [1.807, 2.05) is 40.8 Å². The summed E-state index contributed by atoms with van der Waals surface area (Å²) in [5, 5.41) is 3.09. The first kappa shape index (κ1) is 14.3. The van der Waals surface area contributed by atoms with Crippen LogP contribution in [0.3, 0.4) is 0 Å². The van der Waals surface area contributed by atoms with E-state index in [9.17, 15) is 0 Å². The minimum atomic E-state index is -0.512. The first-order valence-electron chi connectivity index (χ1n) is 6.52. The molecule has 0 radical (unpaired) electrons. The molecule has 0 saturated carbocycles. The molecule has 1 aromatic heterocycles. The summed E-state index contributed by atoms with van der Waals surface area (Å²) in [6.07, 6.45) is 1.74. The third-order valence-electron chi connectivity index (χ3n) is 3.95. The van der Waals surface area contributed by atoms with Crippen LogP contribution in [0.4, 0.5) is 5.69 Å². The third-order valence-corrected chi connectivity index (χ3v) is 3.95. The molecular weight excluding hydrogens is 241 g/mol. The number of nitrogens with zero attached hydrogens (tertiary/aromatic N) is 1. The maximum absolute atomic E-state index is 6.16. The molecule has 3 N–H and O–H groups in total. The largest absolute Gasteiger partial charge is 0.516 e. The van der Waals surface area contributed by atoms with Crippen molar-refractivity contribution in [2.45, 2.75) is 45.4 Å². The van der Waals surface area contributed by atoms with Crippen LogP contribution < -0.4 is 16.6 Å². The molecule has 0 aromatic carbocycles. The van der Waals surface area contributed by atoms with Gasteiger partial charge in [0.1, 0.15) is 0 Å². The van der Waals surface area contributed by atoms with Crippen molar-refractivity contribution in [1.82, 2.24) is 10.3 Å². The molecule has 5 nitrogen and oxygen atoms in total. The molecule has 0 amide bonds. The number of pyridine rings is 1. The average Bonchev–Trinajstić information content (AvgIpc) is 2.51. The van der Waals surface area contributed by atoms with Crippen molar-refractivity contribution in [2.75, 3.05) is 12.8 Å². The summed E-state index contributed by atoms with van der Waals surface area (Å²) in [5.74, 6) is 0. The minimum absolute atomic E-state index is 0.384. The van der Waals surface area contributed by atoms with E-state index in [4.69, 9.17) is 15.0 Å². The highest BCUT2D eigenvalue weighted by Gasteiger charge is 2.53. The number of aromatic nitrogens is 1. The van der Waals surface area contributed by atoms with Gasteiger partial charge in [0.05, 0.1) is 22.5 Å². The molecule has 0 atom stereocenters.